The Kier molecular flexibility index (Phi) is 36.3. The van der Waals surface area contributed by atoms with Gasteiger partial charge in [-0.1, -0.05) is 198 Å². The molecule has 0 aliphatic heterocycles. The van der Waals surface area contributed by atoms with Crippen LogP contribution >= 0.6 is 57.9 Å². The molecule has 642 valence electrons. The predicted molar refractivity (Wildman–Crippen MR) is 531 cm³/mol. The number of halogens is 1. The van der Waals surface area contributed by atoms with Crippen LogP contribution in [0, 0.1) is 134 Å². The number of nitro groups is 6. The number of nitrogens with two attached hydrogens (primary N) is 2. The fraction of sp³-hybridized carbons (Fsp3) is 0.156. The van der Waals surface area contributed by atoms with Crippen molar-refractivity contribution in [1.29, 1.82) is 0 Å². The summed E-state index contributed by atoms with van der Waals surface area (Å²) >= 11 is 5.80. The standard InChI is InChI=1S/C32H22N2O4S2.C22H24N2O4Si2.C22H26N2O2Si2.C12H8N2O4.C8H7IOS/c1-21(35)39-27-13-7-23(8-14-27)3-5-25-11-17-29(31(33)19-25)30-18-12-26(20-32(30)34(37)38)6-4-24-9-15-28(16-10-24)40-22(2)36;1-29(2,3)13-11-17-7-9-19(21(15-17)23(25)26)20-10-8-18(12-14-30(4,5)6)16-22(20)24(27)28;1-27(2,3)13-11-17-7-9-19(21(23)15-17)20-10-8-18(12-14-28(4,5)6)16-22(20)24(25)26;15-13(16)11-7-3-1-5-9(11)10-6-2-4-8-12(10)14(17)18;1-6(10)11-8-4-2-7(9)3-5-8/h7-20H,33H2,1-2H3;7-10,15-16H,1-6H3;7-10,15-16H,23H2,1-6H3;1-8H;2-5H,1H3. The first-order chi connectivity index (χ1) is 59.6. The Bertz CT molecular complexity index is 6370. The van der Waals surface area contributed by atoms with E-state index in [2.05, 4.69) is 171 Å². The molecule has 0 bridgehead atoms. The van der Waals surface area contributed by atoms with Crippen LogP contribution in [-0.2, 0) is 14.4 Å². The molecule has 11 aromatic carbocycles. The first-order valence-corrected chi connectivity index (χ1v) is 56.2. The van der Waals surface area contributed by atoms with Crippen molar-refractivity contribution in [3.8, 4) is 114 Å². The van der Waals surface area contributed by atoms with Crippen LogP contribution in [0.2, 0.25) is 78.6 Å². The summed E-state index contributed by atoms with van der Waals surface area (Å²) in [6.07, 6.45) is 0. The smallest absolute Gasteiger partial charge is 0.278 e. The molecule has 0 aromatic heterocycles. The van der Waals surface area contributed by atoms with Gasteiger partial charge >= 0.3 is 0 Å². The minimum atomic E-state index is -1.64. The molecule has 0 amide bonds. The van der Waals surface area contributed by atoms with Gasteiger partial charge in [-0.15, -0.1) is 22.2 Å². The monoisotopic (exact) mass is 1930 g/mol. The molecule has 11 rings (SSSR count). The molecule has 0 atom stereocenters. The fourth-order valence-corrected chi connectivity index (χ4v) is 15.2. The van der Waals surface area contributed by atoms with Crippen LogP contribution in [0.5, 0.6) is 0 Å². The predicted octanol–water partition coefficient (Wildman–Crippen LogP) is 24.0. The summed E-state index contributed by atoms with van der Waals surface area (Å²) in [4.78, 5) is 102. The fourth-order valence-electron chi connectivity index (χ4n) is 11.0. The molecule has 0 aliphatic rings. The van der Waals surface area contributed by atoms with Crippen molar-refractivity contribution < 1.29 is 43.9 Å². The quantitative estimate of drug-likeness (QED) is 0.0206. The average Bonchev–Trinajstić information content (AvgIpc) is 0.797. The first-order valence-electron chi connectivity index (χ1n) is 38.7. The third kappa shape index (κ3) is 33.5. The second kappa shape index (κ2) is 45.9. The number of rotatable bonds is 13. The van der Waals surface area contributed by atoms with E-state index in [4.69, 9.17) is 11.5 Å². The number of hydrogen-bond donors (Lipinski definition) is 2. The third-order valence-corrected chi connectivity index (χ3v) is 23.2. The Hall–Kier alpha value is -13.6. The second-order valence-electron chi connectivity index (χ2n) is 31.9. The molecule has 0 saturated heterocycles. The molecule has 0 unspecified atom stereocenters. The zero-order chi connectivity index (χ0) is 93.8. The van der Waals surface area contributed by atoms with E-state index in [1.54, 1.807) is 91.9 Å². The highest BCUT2D eigenvalue weighted by Gasteiger charge is 2.27. The Morgan fingerprint density at radius 3 is 0.709 bits per heavy atom. The summed E-state index contributed by atoms with van der Waals surface area (Å²) < 4.78 is 1.19. The Morgan fingerprint density at radius 1 is 0.268 bits per heavy atom. The van der Waals surface area contributed by atoms with E-state index in [9.17, 15) is 75.1 Å². The number of nitrogen functional groups attached to an aromatic ring is 2. The molecule has 127 heavy (non-hydrogen) atoms. The zero-order valence-corrected chi connectivity index (χ0v) is 80.6. The molecular formula is C96H87IN8O15S3Si4. The van der Waals surface area contributed by atoms with Crippen LogP contribution in [0.3, 0.4) is 0 Å². The lowest BCUT2D eigenvalue weighted by Crippen LogP contribution is -2.16. The molecule has 11 aromatic rings. The number of thioether (sulfide) groups is 3. The van der Waals surface area contributed by atoms with Gasteiger partial charge < -0.3 is 11.5 Å². The Labute approximate surface area is 767 Å². The number of nitrogens with zero attached hydrogens (tertiary/aromatic N) is 6. The van der Waals surface area contributed by atoms with Crippen LogP contribution in [0.25, 0.3) is 44.5 Å². The van der Waals surface area contributed by atoms with E-state index in [-0.39, 0.29) is 76.6 Å². The maximum Gasteiger partial charge on any atom is 0.278 e. The van der Waals surface area contributed by atoms with Crippen molar-refractivity contribution in [2.45, 2.75) is 114 Å². The summed E-state index contributed by atoms with van der Waals surface area (Å²) in [6, 6.07) is 64.0. The molecule has 0 heterocycles. The first kappa shape index (κ1) is 101. The van der Waals surface area contributed by atoms with E-state index in [0.29, 0.717) is 61.4 Å². The highest BCUT2D eigenvalue weighted by molar-refractivity contribution is 14.1. The molecule has 23 nitrogen and oxygen atoms in total. The summed E-state index contributed by atoms with van der Waals surface area (Å²) in [5.41, 5.74) is 33.5. The molecule has 0 spiro atoms. The van der Waals surface area contributed by atoms with E-state index in [0.717, 1.165) is 54.9 Å². The van der Waals surface area contributed by atoms with Gasteiger partial charge in [0.2, 0.25) is 0 Å². The van der Waals surface area contributed by atoms with Gasteiger partial charge in [-0.3, -0.25) is 75.1 Å². The minimum Gasteiger partial charge on any atom is -0.398 e. The van der Waals surface area contributed by atoms with Crippen LogP contribution in [-0.4, -0.2) is 77.2 Å². The van der Waals surface area contributed by atoms with Gasteiger partial charge in [0.25, 0.3) is 34.1 Å². The van der Waals surface area contributed by atoms with Gasteiger partial charge in [-0.05, 0) is 180 Å². The topological polar surface area (TPSA) is 362 Å². The van der Waals surface area contributed by atoms with Gasteiger partial charge in [0, 0.05) is 142 Å². The van der Waals surface area contributed by atoms with E-state index in [1.807, 2.05) is 72.8 Å². The van der Waals surface area contributed by atoms with Crippen molar-refractivity contribution in [3.63, 3.8) is 0 Å². The van der Waals surface area contributed by atoms with Crippen molar-refractivity contribution in [2.75, 3.05) is 11.5 Å². The maximum absolute atomic E-state index is 11.9. The summed E-state index contributed by atoms with van der Waals surface area (Å²) in [6.45, 7) is 30.0. The van der Waals surface area contributed by atoms with Crippen LogP contribution < -0.4 is 11.5 Å². The number of carbonyl (C=O) groups is 3. The molecular weight excluding hydrogens is 1840 g/mol. The highest BCUT2D eigenvalue weighted by Crippen LogP contribution is 2.41. The lowest BCUT2D eigenvalue weighted by atomic mass is 9.98. The van der Waals surface area contributed by atoms with Gasteiger partial charge in [-0.2, -0.15) is 0 Å². The van der Waals surface area contributed by atoms with Crippen molar-refractivity contribution in [1.82, 2.24) is 0 Å². The summed E-state index contributed by atoms with van der Waals surface area (Å²) in [5.74, 6) is 24.3. The van der Waals surface area contributed by atoms with E-state index < -0.39 is 56.9 Å². The largest absolute Gasteiger partial charge is 0.398 e. The number of carbonyl (C=O) groups excluding carboxylic acids is 3. The van der Waals surface area contributed by atoms with Gasteiger partial charge in [0.15, 0.2) is 15.3 Å². The number of benzene rings is 11. The molecule has 4 N–H and O–H groups in total. The number of para-hydroxylation sites is 2. The summed E-state index contributed by atoms with van der Waals surface area (Å²) in [7, 11) is -6.34. The van der Waals surface area contributed by atoms with Crippen LogP contribution in [0.1, 0.15) is 65.3 Å². The Morgan fingerprint density at radius 2 is 0.465 bits per heavy atom. The normalized spacial score (nSPS) is 10.5. The number of nitro benzene ring substituents is 6. The molecule has 0 fully saturated rings. The van der Waals surface area contributed by atoms with Crippen molar-refractivity contribution >= 4 is 151 Å². The number of hydrogen-bond acceptors (Lipinski definition) is 20. The Balaban J connectivity index is 0.000000229. The van der Waals surface area contributed by atoms with Gasteiger partial charge in [-0.25, -0.2) is 0 Å². The van der Waals surface area contributed by atoms with Gasteiger partial charge in [0.05, 0.1) is 62.9 Å². The minimum absolute atomic E-state index is 0.00207. The molecule has 31 heteroatoms. The molecule has 0 radical (unpaired) electrons. The van der Waals surface area contributed by atoms with E-state index in [1.165, 1.54) is 102 Å². The maximum atomic E-state index is 11.9. The lowest BCUT2D eigenvalue weighted by Gasteiger charge is -2.09. The van der Waals surface area contributed by atoms with Crippen molar-refractivity contribution in [3.05, 3.63) is 339 Å². The highest BCUT2D eigenvalue weighted by atomic mass is 127. The molecule has 0 saturated carbocycles. The van der Waals surface area contributed by atoms with Crippen LogP contribution in [0.15, 0.2) is 245 Å². The van der Waals surface area contributed by atoms with Crippen molar-refractivity contribution in [2.24, 2.45) is 0 Å². The molecule has 0 aliphatic carbocycles. The SMILES string of the molecule is CC(=O)Sc1ccc(C#Cc2ccc(-c3ccc(C#Cc4ccc(SC(C)=O)cc4)cc3[N+](=O)[O-])c(N)c2)cc1.CC(=O)Sc1ccc(I)cc1.C[Si](C)(C)C#Cc1ccc(-c2ccc(C#C[Si](C)(C)C)cc2[N+](=O)[O-])c(N)c1.C[Si](C)(C)C#Cc1ccc(-c2ccc(C#C[Si](C)(C)C)cc2[N+](=O)[O-])c([N+](=O)[O-])c1.O=[N+]([O-])c1ccccc1-c1ccccc1[N+](=O)[O-]. The second-order valence-corrected chi connectivity index (χ2v) is 55.9. The number of anilines is 2. The lowest BCUT2D eigenvalue weighted by molar-refractivity contribution is -0.386. The summed E-state index contributed by atoms with van der Waals surface area (Å²) in [5, 5.41) is 68.9. The van der Waals surface area contributed by atoms with Gasteiger partial charge in [0.1, 0.15) is 32.3 Å². The average molecular weight is 1930 g/mol. The van der Waals surface area contributed by atoms with E-state index >= 15 is 0 Å². The third-order valence-electron chi connectivity index (χ3n) is 16.6. The van der Waals surface area contributed by atoms with Crippen LogP contribution in [0.4, 0.5) is 45.5 Å². The zero-order valence-electron chi connectivity index (χ0n) is 72.0.